The van der Waals surface area contributed by atoms with Gasteiger partial charge in [-0.3, -0.25) is 15.0 Å². The maximum Gasteiger partial charge on any atom is 0.285 e. The van der Waals surface area contributed by atoms with Crippen molar-refractivity contribution in [3.8, 4) is 0 Å². The van der Waals surface area contributed by atoms with Crippen LogP contribution >= 0.6 is 51.2 Å². The van der Waals surface area contributed by atoms with Gasteiger partial charge in [-0.1, -0.05) is 33.8 Å². The Morgan fingerprint density at radius 1 is 1.26 bits per heavy atom. The number of thioether (sulfide) groups is 1. The van der Waals surface area contributed by atoms with Crippen molar-refractivity contribution in [2.45, 2.75) is 0 Å². The maximum atomic E-state index is 12.4. The minimum atomic E-state index is -0.383. The van der Waals surface area contributed by atoms with Crippen LogP contribution < -0.4 is 5.43 Å². The van der Waals surface area contributed by atoms with Gasteiger partial charge < -0.3 is 0 Å². The molecule has 2 amide bonds. The van der Waals surface area contributed by atoms with E-state index in [2.05, 4.69) is 21.4 Å². The summed E-state index contributed by atoms with van der Waals surface area (Å²) in [6, 6.07) is 10.7. The first-order valence-electron chi connectivity index (χ1n) is 6.42. The molecule has 0 atom stereocenters. The minimum Gasteiger partial charge on any atom is -0.267 e. The number of thiocarbonyl (C=S) groups is 1. The smallest absolute Gasteiger partial charge is 0.267 e. The quantitative estimate of drug-likeness (QED) is 0.596. The Morgan fingerprint density at radius 3 is 2.65 bits per heavy atom. The third-order valence-corrected chi connectivity index (χ3v) is 5.58. The number of hydrogen-bond acceptors (Lipinski definition) is 5. The molecule has 0 aliphatic carbocycles. The number of benzene rings is 1. The Hall–Kier alpha value is -1.48. The number of rotatable bonds is 3. The summed E-state index contributed by atoms with van der Waals surface area (Å²) in [4.78, 5) is 26.1. The van der Waals surface area contributed by atoms with Crippen molar-refractivity contribution in [3.63, 3.8) is 0 Å². The summed E-state index contributed by atoms with van der Waals surface area (Å²) >= 11 is 11.2. The van der Waals surface area contributed by atoms with Crippen molar-refractivity contribution in [3.05, 3.63) is 61.6 Å². The molecule has 2 aromatic rings. The first kappa shape index (κ1) is 16.4. The second-order valence-electron chi connectivity index (χ2n) is 4.48. The number of hydrazine groups is 1. The molecule has 3 rings (SSSR count). The van der Waals surface area contributed by atoms with Crippen molar-refractivity contribution in [1.82, 2.24) is 10.4 Å². The van der Waals surface area contributed by atoms with E-state index >= 15 is 0 Å². The summed E-state index contributed by atoms with van der Waals surface area (Å²) < 4.78 is 1.18. The number of amides is 2. The van der Waals surface area contributed by atoms with Crippen LogP contribution in [-0.2, 0) is 4.79 Å². The summed E-state index contributed by atoms with van der Waals surface area (Å²) in [7, 11) is 0. The lowest BCUT2D eigenvalue weighted by atomic mass is 10.2. The van der Waals surface area contributed by atoms with Gasteiger partial charge in [0, 0.05) is 14.9 Å². The van der Waals surface area contributed by atoms with Crippen LogP contribution in [0.1, 0.15) is 15.2 Å². The SMILES string of the molecule is O=C(NN1C(=O)C(=Cc2cccs2)SC1=S)c1ccc(Br)cc1. The van der Waals surface area contributed by atoms with Crippen LogP contribution in [0.5, 0.6) is 0 Å². The van der Waals surface area contributed by atoms with Crippen molar-refractivity contribution in [2.24, 2.45) is 0 Å². The fraction of sp³-hybridized carbons (Fsp3) is 0. The van der Waals surface area contributed by atoms with Crippen LogP contribution in [0, 0.1) is 0 Å². The van der Waals surface area contributed by atoms with Crippen molar-refractivity contribution in [1.29, 1.82) is 0 Å². The molecule has 1 aromatic carbocycles. The van der Waals surface area contributed by atoms with E-state index in [1.807, 2.05) is 17.5 Å². The van der Waals surface area contributed by atoms with Crippen LogP contribution in [-0.4, -0.2) is 21.1 Å². The van der Waals surface area contributed by atoms with Crippen LogP contribution in [0.15, 0.2) is 51.2 Å². The molecule has 2 heterocycles. The number of hydrogen-bond donors (Lipinski definition) is 1. The molecule has 1 saturated heterocycles. The summed E-state index contributed by atoms with van der Waals surface area (Å²) in [6.45, 7) is 0. The lowest BCUT2D eigenvalue weighted by molar-refractivity contribution is -0.123. The molecule has 0 bridgehead atoms. The van der Waals surface area contributed by atoms with E-state index in [1.54, 1.807) is 30.3 Å². The molecule has 0 saturated carbocycles. The zero-order chi connectivity index (χ0) is 16.4. The van der Waals surface area contributed by atoms with Gasteiger partial charge in [0.05, 0.1) is 4.91 Å². The molecule has 8 heteroatoms. The van der Waals surface area contributed by atoms with Gasteiger partial charge in [-0.25, -0.2) is 0 Å². The standard InChI is InChI=1S/C15H9BrN2O2S3/c16-10-5-3-9(4-6-10)13(19)17-18-14(20)12(23-15(18)21)8-11-2-1-7-22-11/h1-8H,(H,17,19). The zero-order valence-electron chi connectivity index (χ0n) is 11.5. The third-order valence-electron chi connectivity index (χ3n) is 2.93. The van der Waals surface area contributed by atoms with E-state index in [1.165, 1.54) is 23.1 Å². The van der Waals surface area contributed by atoms with Gasteiger partial charge in [0.25, 0.3) is 11.8 Å². The number of carbonyl (C=O) groups excluding carboxylic acids is 2. The van der Waals surface area contributed by atoms with Crippen molar-refractivity contribution in [2.75, 3.05) is 0 Å². The first-order valence-corrected chi connectivity index (χ1v) is 9.32. The molecule has 0 spiro atoms. The molecule has 116 valence electrons. The predicted molar refractivity (Wildman–Crippen MR) is 101 cm³/mol. The number of halogens is 1. The fourth-order valence-corrected chi connectivity index (χ4v) is 4.00. The topological polar surface area (TPSA) is 49.4 Å². The monoisotopic (exact) mass is 424 g/mol. The fourth-order valence-electron chi connectivity index (χ4n) is 1.83. The Morgan fingerprint density at radius 2 is 2.00 bits per heavy atom. The number of nitrogens with one attached hydrogen (secondary N) is 1. The maximum absolute atomic E-state index is 12.4. The molecule has 1 aliphatic rings. The molecule has 0 unspecified atom stereocenters. The van der Waals surface area contributed by atoms with Gasteiger partial charge >= 0.3 is 0 Å². The van der Waals surface area contributed by atoms with E-state index in [0.717, 1.165) is 14.4 Å². The lowest BCUT2D eigenvalue weighted by Crippen LogP contribution is -2.44. The van der Waals surface area contributed by atoms with Gasteiger partial charge in [0.15, 0.2) is 4.32 Å². The molecular formula is C15H9BrN2O2S3. The normalized spacial score (nSPS) is 16.2. The Kier molecular flexibility index (Phi) is 4.96. The Labute approximate surface area is 154 Å². The van der Waals surface area contributed by atoms with Crippen LogP contribution in [0.2, 0.25) is 0 Å². The van der Waals surface area contributed by atoms with Gasteiger partial charge in [-0.05, 0) is 54.0 Å². The second kappa shape index (κ2) is 6.96. The molecule has 23 heavy (non-hydrogen) atoms. The molecule has 0 radical (unpaired) electrons. The highest BCUT2D eigenvalue weighted by atomic mass is 79.9. The summed E-state index contributed by atoms with van der Waals surface area (Å²) in [5, 5.41) is 3.05. The lowest BCUT2D eigenvalue weighted by Gasteiger charge is -2.15. The first-order chi connectivity index (χ1) is 11.0. The van der Waals surface area contributed by atoms with E-state index < -0.39 is 0 Å². The number of carbonyl (C=O) groups is 2. The Balaban J connectivity index is 1.75. The molecule has 1 aromatic heterocycles. The molecule has 1 N–H and O–H groups in total. The van der Waals surface area contributed by atoms with Crippen LogP contribution in [0.3, 0.4) is 0 Å². The van der Waals surface area contributed by atoms with E-state index in [0.29, 0.717) is 14.8 Å². The molecular weight excluding hydrogens is 416 g/mol. The third kappa shape index (κ3) is 3.72. The number of nitrogens with zero attached hydrogens (tertiary/aromatic N) is 1. The number of thiophene rings is 1. The van der Waals surface area contributed by atoms with Gasteiger partial charge in [-0.2, -0.15) is 5.01 Å². The van der Waals surface area contributed by atoms with Gasteiger partial charge in [0.1, 0.15) is 0 Å². The van der Waals surface area contributed by atoms with Gasteiger partial charge in [0.2, 0.25) is 0 Å². The minimum absolute atomic E-state index is 0.309. The highest BCUT2D eigenvalue weighted by Crippen LogP contribution is 2.32. The zero-order valence-corrected chi connectivity index (χ0v) is 15.5. The van der Waals surface area contributed by atoms with E-state index in [-0.39, 0.29) is 11.8 Å². The summed E-state index contributed by atoms with van der Waals surface area (Å²) in [6.07, 6.45) is 1.77. The molecule has 1 fully saturated rings. The van der Waals surface area contributed by atoms with Crippen molar-refractivity contribution < 1.29 is 9.59 Å². The van der Waals surface area contributed by atoms with Crippen LogP contribution in [0.4, 0.5) is 0 Å². The average Bonchev–Trinajstić information content (AvgIpc) is 3.12. The summed E-state index contributed by atoms with van der Waals surface area (Å²) in [5.41, 5.74) is 3.00. The van der Waals surface area contributed by atoms with Crippen molar-refractivity contribution >= 4 is 73.5 Å². The van der Waals surface area contributed by atoms with E-state index in [4.69, 9.17) is 12.2 Å². The van der Waals surface area contributed by atoms with E-state index in [9.17, 15) is 9.59 Å². The Bertz CT molecular complexity index is 801. The average molecular weight is 425 g/mol. The van der Waals surface area contributed by atoms with Crippen LogP contribution in [0.25, 0.3) is 6.08 Å². The predicted octanol–water partition coefficient (Wildman–Crippen LogP) is 4.06. The largest absolute Gasteiger partial charge is 0.285 e. The summed E-state index contributed by atoms with van der Waals surface area (Å²) in [5.74, 6) is -0.704. The molecule has 4 nitrogen and oxygen atoms in total. The highest BCUT2D eigenvalue weighted by Gasteiger charge is 2.33. The van der Waals surface area contributed by atoms with Gasteiger partial charge in [-0.15, -0.1) is 11.3 Å². The second-order valence-corrected chi connectivity index (χ2v) is 8.05. The highest BCUT2D eigenvalue weighted by molar-refractivity contribution is 9.10. The molecule has 1 aliphatic heterocycles.